The molecule has 126 valence electrons. The summed E-state index contributed by atoms with van der Waals surface area (Å²) in [6.45, 7) is 0. The average Bonchev–Trinajstić information content (AvgIpc) is 3.09. The summed E-state index contributed by atoms with van der Waals surface area (Å²) in [5.74, 6) is 0.566. The number of rotatable bonds is 4. The molecule has 2 aromatic heterocycles. The molecule has 26 heavy (non-hydrogen) atoms. The van der Waals surface area contributed by atoms with Gasteiger partial charge in [0, 0.05) is 17.8 Å². The van der Waals surface area contributed by atoms with Gasteiger partial charge in [0.05, 0.1) is 5.69 Å². The highest BCUT2D eigenvalue weighted by molar-refractivity contribution is 5.90. The minimum atomic E-state index is -0.145. The lowest BCUT2D eigenvalue weighted by Crippen LogP contribution is -2.14. The van der Waals surface area contributed by atoms with Crippen molar-refractivity contribution >= 4 is 11.6 Å². The van der Waals surface area contributed by atoms with Gasteiger partial charge in [0.1, 0.15) is 0 Å². The molecule has 2 heterocycles. The third-order valence-corrected chi connectivity index (χ3v) is 4.08. The Hall–Kier alpha value is -3.66. The summed E-state index contributed by atoms with van der Waals surface area (Å²) in [7, 11) is 0. The van der Waals surface area contributed by atoms with Gasteiger partial charge in [-0.15, -0.1) is 0 Å². The van der Waals surface area contributed by atoms with E-state index in [9.17, 15) is 4.79 Å². The maximum atomic E-state index is 12.5. The number of benzene rings is 2. The van der Waals surface area contributed by atoms with E-state index < -0.39 is 0 Å². The number of aromatic nitrogens is 3. The zero-order valence-corrected chi connectivity index (χ0v) is 14.0. The number of H-pyrrole nitrogens is 1. The van der Waals surface area contributed by atoms with Crippen LogP contribution in [0.3, 0.4) is 0 Å². The molecular weight excluding hydrogens is 322 g/mol. The van der Waals surface area contributed by atoms with Crippen molar-refractivity contribution < 1.29 is 0 Å². The van der Waals surface area contributed by atoms with Crippen molar-refractivity contribution in [3.8, 4) is 5.82 Å². The van der Waals surface area contributed by atoms with Gasteiger partial charge in [-0.05, 0) is 29.3 Å². The molecule has 4 heteroatoms. The Kier molecular flexibility index (Phi) is 4.31. The predicted molar refractivity (Wildman–Crippen MR) is 104 cm³/mol. The Bertz CT molecular complexity index is 1080. The largest absolute Gasteiger partial charge is 0.289 e. The number of nitrogens with one attached hydrogen (secondary N) is 1. The molecule has 2 aromatic carbocycles. The highest BCUT2D eigenvalue weighted by atomic mass is 16.1. The van der Waals surface area contributed by atoms with Crippen molar-refractivity contribution in [1.82, 2.24) is 14.8 Å². The molecule has 4 nitrogen and oxygen atoms in total. The van der Waals surface area contributed by atoms with E-state index in [1.807, 2.05) is 72.8 Å². The lowest BCUT2D eigenvalue weighted by Gasteiger charge is -2.07. The summed E-state index contributed by atoms with van der Waals surface area (Å²) >= 11 is 0. The molecule has 0 radical (unpaired) electrons. The summed E-state index contributed by atoms with van der Waals surface area (Å²) < 4.78 is 1.46. The average molecular weight is 339 g/mol. The van der Waals surface area contributed by atoms with E-state index in [1.165, 1.54) is 4.68 Å². The van der Waals surface area contributed by atoms with E-state index in [2.05, 4.69) is 16.2 Å². The second kappa shape index (κ2) is 7.07. The van der Waals surface area contributed by atoms with Gasteiger partial charge in [0.25, 0.3) is 5.56 Å². The molecule has 0 aliphatic heterocycles. The summed E-state index contributed by atoms with van der Waals surface area (Å²) in [5.41, 5.74) is 3.65. The van der Waals surface area contributed by atoms with Crippen LogP contribution in [0.2, 0.25) is 0 Å². The third-order valence-electron chi connectivity index (χ3n) is 4.08. The molecule has 1 N–H and O–H groups in total. The van der Waals surface area contributed by atoms with E-state index in [0.717, 1.165) is 22.4 Å². The molecule has 0 atom stereocenters. The van der Waals surface area contributed by atoms with E-state index in [4.69, 9.17) is 0 Å². The Balaban J connectivity index is 1.86. The molecule has 4 aromatic rings. The standard InChI is InChI=1S/C22H17N3O/c26-22-16-20(24-25(22)21-13-7-8-14-23-21)19(18-11-5-2-6-12-18)15-17-9-3-1-4-10-17/h1-16,24H. The van der Waals surface area contributed by atoms with Crippen LogP contribution in [0.4, 0.5) is 0 Å². The van der Waals surface area contributed by atoms with Gasteiger partial charge in [-0.1, -0.05) is 66.7 Å². The van der Waals surface area contributed by atoms with Crippen LogP contribution in [0.15, 0.2) is 95.9 Å². The van der Waals surface area contributed by atoms with Crippen LogP contribution in [0.5, 0.6) is 0 Å². The number of nitrogens with zero attached hydrogens (tertiary/aromatic N) is 2. The molecule has 4 rings (SSSR count). The van der Waals surface area contributed by atoms with Gasteiger partial charge in [-0.25, -0.2) is 9.67 Å². The SMILES string of the molecule is O=c1cc(C(=Cc2ccccc2)c2ccccc2)[nH]n1-c1ccccn1. The van der Waals surface area contributed by atoms with Gasteiger partial charge in [0.15, 0.2) is 5.82 Å². The van der Waals surface area contributed by atoms with Crippen LogP contribution in [0.1, 0.15) is 16.8 Å². The number of pyridine rings is 1. The molecule has 0 aliphatic rings. The number of hydrogen-bond acceptors (Lipinski definition) is 2. The zero-order valence-electron chi connectivity index (χ0n) is 14.0. The van der Waals surface area contributed by atoms with Crippen molar-refractivity contribution in [2.24, 2.45) is 0 Å². The summed E-state index contributed by atoms with van der Waals surface area (Å²) in [4.78, 5) is 16.7. The van der Waals surface area contributed by atoms with Crippen molar-refractivity contribution in [1.29, 1.82) is 0 Å². The topological polar surface area (TPSA) is 50.7 Å². The third kappa shape index (κ3) is 3.26. The maximum Gasteiger partial charge on any atom is 0.273 e. The molecular formula is C22H17N3O. The molecule has 0 amide bonds. The van der Waals surface area contributed by atoms with Crippen LogP contribution < -0.4 is 5.56 Å². The predicted octanol–water partition coefficient (Wildman–Crippen LogP) is 4.15. The Labute approximate surface area is 151 Å². The van der Waals surface area contributed by atoms with Crippen LogP contribution in [-0.2, 0) is 0 Å². The molecule has 0 saturated carbocycles. The molecule has 0 saturated heterocycles. The second-order valence-corrected chi connectivity index (χ2v) is 5.87. The van der Waals surface area contributed by atoms with Gasteiger partial charge in [-0.2, -0.15) is 0 Å². The summed E-state index contributed by atoms with van der Waals surface area (Å²) in [5, 5.41) is 3.19. The molecule has 0 spiro atoms. The van der Waals surface area contributed by atoms with Crippen LogP contribution in [0, 0.1) is 0 Å². The van der Waals surface area contributed by atoms with Gasteiger partial charge in [0.2, 0.25) is 0 Å². The fraction of sp³-hybridized carbons (Fsp3) is 0. The highest BCUT2D eigenvalue weighted by Gasteiger charge is 2.11. The quantitative estimate of drug-likeness (QED) is 0.568. The lowest BCUT2D eigenvalue weighted by atomic mass is 10.00. The monoisotopic (exact) mass is 339 g/mol. The first-order valence-corrected chi connectivity index (χ1v) is 8.37. The second-order valence-electron chi connectivity index (χ2n) is 5.87. The molecule has 0 fully saturated rings. The fourth-order valence-electron chi connectivity index (χ4n) is 2.84. The van der Waals surface area contributed by atoms with Crippen LogP contribution in [0.25, 0.3) is 17.5 Å². The molecule has 0 bridgehead atoms. The van der Waals surface area contributed by atoms with E-state index >= 15 is 0 Å². The zero-order chi connectivity index (χ0) is 17.8. The fourth-order valence-corrected chi connectivity index (χ4v) is 2.84. The van der Waals surface area contributed by atoms with E-state index in [1.54, 1.807) is 18.3 Å². The summed E-state index contributed by atoms with van der Waals surface area (Å²) in [6, 6.07) is 27.2. The molecule has 0 unspecified atom stereocenters. The first-order valence-electron chi connectivity index (χ1n) is 8.37. The first-order chi connectivity index (χ1) is 12.8. The van der Waals surface area contributed by atoms with Crippen molar-refractivity contribution in [2.45, 2.75) is 0 Å². The van der Waals surface area contributed by atoms with E-state index in [0.29, 0.717) is 5.82 Å². The maximum absolute atomic E-state index is 12.5. The Morgan fingerprint density at radius 3 is 2.27 bits per heavy atom. The minimum absolute atomic E-state index is 0.145. The normalized spacial score (nSPS) is 11.5. The molecule has 0 aliphatic carbocycles. The van der Waals surface area contributed by atoms with E-state index in [-0.39, 0.29) is 5.56 Å². The Morgan fingerprint density at radius 1 is 0.885 bits per heavy atom. The van der Waals surface area contributed by atoms with Crippen molar-refractivity contribution in [3.05, 3.63) is 118 Å². The number of aromatic amines is 1. The van der Waals surface area contributed by atoms with Gasteiger partial charge in [-0.3, -0.25) is 9.89 Å². The minimum Gasteiger partial charge on any atom is -0.289 e. The van der Waals surface area contributed by atoms with Crippen molar-refractivity contribution in [3.63, 3.8) is 0 Å². The first kappa shape index (κ1) is 15.8. The lowest BCUT2D eigenvalue weighted by molar-refractivity contribution is 0.814. The van der Waals surface area contributed by atoms with Crippen LogP contribution >= 0.6 is 0 Å². The van der Waals surface area contributed by atoms with Crippen molar-refractivity contribution in [2.75, 3.05) is 0 Å². The Morgan fingerprint density at radius 2 is 1.58 bits per heavy atom. The van der Waals surface area contributed by atoms with Gasteiger partial charge < -0.3 is 0 Å². The summed E-state index contributed by atoms with van der Waals surface area (Å²) in [6.07, 6.45) is 3.74. The number of hydrogen-bond donors (Lipinski definition) is 1. The smallest absolute Gasteiger partial charge is 0.273 e. The van der Waals surface area contributed by atoms with Gasteiger partial charge >= 0.3 is 0 Å². The highest BCUT2D eigenvalue weighted by Crippen LogP contribution is 2.24. The van der Waals surface area contributed by atoms with Crippen LogP contribution in [-0.4, -0.2) is 14.8 Å².